The first kappa shape index (κ1) is 11.5. The van der Waals surface area contributed by atoms with Gasteiger partial charge < -0.3 is 10.2 Å². The van der Waals surface area contributed by atoms with Gasteiger partial charge in [-0.25, -0.2) is 4.98 Å². The van der Waals surface area contributed by atoms with Gasteiger partial charge in [-0.1, -0.05) is 0 Å². The minimum Gasteiger partial charge on any atom is -0.349 e. The Morgan fingerprint density at radius 2 is 2.29 bits per heavy atom. The Bertz CT molecular complexity index is 270. The average molecular weight is 213 g/mol. The summed E-state index contributed by atoms with van der Waals surface area (Å²) in [6, 6.07) is 0.512. The maximum Gasteiger partial charge on any atom is 0.185 e. The Morgan fingerprint density at radius 1 is 1.57 bits per heavy atom. The van der Waals surface area contributed by atoms with Gasteiger partial charge in [0.15, 0.2) is 5.13 Å². The van der Waals surface area contributed by atoms with Crippen LogP contribution < -0.4 is 10.2 Å². The van der Waals surface area contributed by atoms with Crippen molar-refractivity contribution in [3.8, 4) is 0 Å². The van der Waals surface area contributed by atoms with Crippen molar-refractivity contribution in [3.63, 3.8) is 0 Å². The molecule has 0 saturated heterocycles. The minimum atomic E-state index is 0.512. The van der Waals surface area contributed by atoms with Crippen LogP contribution in [0.3, 0.4) is 0 Å². The number of nitrogens with one attached hydrogen (secondary N) is 1. The van der Waals surface area contributed by atoms with Gasteiger partial charge in [0.25, 0.3) is 0 Å². The van der Waals surface area contributed by atoms with Crippen molar-refractivity contribution in [2.24, 2.45) is 0 Å². The van der Waals surface area contributed by atoms with E-state index in [-0.39, 0.29) is 0 Å². The van der Waals surface area contributed by atoms with Crippen molar-refractivity contribution in [1.82, 2.24) is 10.3 Å². The number of hydrogen-bond acceptors (Lipinski definition) is 4. The molecule has 1 aromatic rings. The molecule has 1 heterocycles. The first-order chi connectivity index (χ1) is 6.65. The van der Waals surface area contributed by atoms with Crippen LogP contribution in [0.1, 0.15) is 19.5 Å². The Labute approximate surface area is 90.2 Å². The lowest BCUT2D eigenvalue weighted by Crippen LogP contribution is -2.25. The summed E-state index contributed by atoms with van der Waals surface area (Å²) in [5.41, 5.74) is 1.19. The van der Waals surface area contributed by atoms with Crippen molar-refractivity contribution >= 4 is 16.5 Å². The molecule has 1 aromatic heterocycles. The zero-order chi connectivity index (χ0) is 10.6. The third-order valence-corrected chi connectivity index (χ3v) is 3.23. The van der Waals surface area contributed by atoms with Crippen molar-refractivity contribution in [3.05, 3.63) is 11.1 Å². The van der Waals surface area contributed by atoms with Gasteiger partial charge in [0, 0.05) is 31.4 Å². The van der Waals surface area contributed by atoms with E-state index in [0.29, 0.717) is 6.04 Å². The van der Waals surface area contributed by atoms with E-state index < -0.39 is 0 Å². The Morgan fingerprint density at radius 3 is 2.86 bits per heavy atom. The molecule has 4 heteroatoms. The van der Waals surface area contributed by atoms with Gasteiger partial charge in [-0.05, 0) is 20.9 Å². The standard InChI is InChI=1S/C10H19N3S/c1-8(2)13(4)10-12-9(7-14-10)5-6-11-3/h7-8,11H,5-6H2,1-4H3. The van der Waals surface area contributed by atoms with Crippen molar-refractivity contribution in [1.29, 1.82) is 0 Å². The lowest BCUT2D eigenvalue weighted by Gasteiger charge is -2.19. The maximum absolute atomic E-state index is 4.57. The highest BCUT2D eigenvalue weighted by Crippen LogP contribution is 2.20. The fraction of sp³-hybridized carbons (Fsp3) is 0.700. The van der Waals surface area contributed by atoms with Gasteiger partial charge in [0.1, 0.15) is 0 Å². The molecule has 0 unspecified atom stereocenters. The molecule has 0 radical (unpaired) electrons. The molecule has 0 aliphatic carbocycles. The fourth-order valence-corrected chi connectivity index (χ4v) is 2.01. The summed E-state index contributed by atoms with van der Waals surface area (Å²) in [6.07, 6.45) is 1.01. The molecule has 1 N–H and O–H groups in total. The monoisotopic (exact) mass is 213 g/mol. The van der Waals surface area contributed by atoms with Gasteiger partial charge in [0.2, 0.25) is 0 Å². The zero-order valence-electron chi connectivity index (χ0n) is 9.37. The van der Waals surface area contributed by atoms with Crippen LogP contribution in [-0.4, -0.2) is 31.7 Å². The second-order valence-electron chi connectivity index (χ2n) is 3.68. The molecule has 0 aliphatic heterocycles. The highest BCUT2D eigenvalue weighted by molar-refractivity contribution is 7.13. The van der Waals surface area contributed by atoms with Gasteiger partial charge in [0.05, 0.1) is 5.69 Å². The molecule has 0 aromatic carbocycles. The normalized spacial score (nSPS) is 10.9. The molecule has 0 fully saturated rings. The average Bonchev–Trinajstić information content (AvgIpc) is 2.61. The molecule has 0 amide bonds. The predicted octanol–water partition coefficient (Wildman–Crippen LogP) is 1.75. The molecule has 0 atom stereocenters. The zero-order valence-corrected chi connectivity index (χ0v) is 10.2. The molecule has 0 aliphatic rings. The summed E-state index contributed by atoms with van der Waals surface area (Å²) in [5, 5.41) is 6.39. The van der Waals surface area contributed by atoms with Gasteiger partial charge in [-0.15, -0.1) is 11.3 Å². The highest BCUT2D eigenvalue weighted by atomic mass is 32.1. The van der Waals surface area contributed by atoms with Crippen LogP contribution in [0.2, 0.25) is 0 Å². The number of anilines is 1. The topological polar surface area (TPSA) is 28.2 Å². The minimum absolute atomic E-state index is 0.512. The Balaban J connectivity index is 2.58. The molecular formula is C10H19N3S. The number of rotatable bonds is 5. The van der Waals surface area contributed by atoms with Crippen LogP contribution in [0.5, 0.6) is 0 Å². The number of thiazole rings is 1. The van der Waals surface area contributed by atoms with Crippen LogP contribution in [0, 0.1) is 0 Å². The largest absolute Gasteiger partial charge is 0.349 e. The molecule has 3 nitrogen and oxygen atoms in total. The molecule has 0 bridgehead atoms. The lowest BCUT2D eigenvalue weighted by molar-refractivity contribution is 0.743. The number of aromatic nitrogens is 1. The van der Waals surface area contributed by atoms with Crippen molar-refractivity contribution in [2.75, 3.05) is 25.5 Å². The third kappa shape index (κ3) is 2.96. The number of nitrogens with zero attached hydrogens (tertiary/aromatic N) is 2. The molecular weight excluding hydrogens is 194 g/mol. The van der Waals surface area contributed by atoms with Gasteiger partial charge in [-0.3, -0.25) is 0 Å². The smallest absolute Gasteiger partial charge is 0.185 e. The van der Waals surface area contributed by atoms with E-state index in [1.165, 1.54) is 5.69 Å². The molecule has 0 saturated carbocycles. The summed E-state index contributed by atoms with van der Waals surface area (Å²) in [6.45, 7) is 5.35. The van der Waals surface area contributed by atoms with Crippen LogP contribution in [0.25, 0.3) is 0 Å². The van der Waals surface area contributed by atoms with Crippen molar-refractivity contribution in [2.45, 2.75) is 26.3 Å². The lowest BCUT2D eigenvalue weighted by atomic mass is 10.3. The van der Waals surface area contributed by atoms with E-state index in [2.05, 4.69) is 41.5 Å². The van der Waals surface area contributed by atoms with Crippen LogP contribution >= 0.6 is 11.3 Å². The molecule has 14 heavy (non-hydrogen) atoms. The first-order valence-electron chi connectivity index (χ1n) is 4.97. The molecule has 0 spiro atoms. The quantitative estimate of drug-likeness (QED) is 0.807. The summed E-state index contributed by atoms with van der Waals surface area (Å²) >= 11 is 1.72. The summed E-state index contributed by atoms with van der Waals surface area (Å²) in [5.74, 6) is 0. The van der Waals surface area contributed by atoms with E-state index in [4.69, 9.17) is 0 Å². The van der Waals surface area contributed by atoms with E-state index in [1.807, 2.05) is 7.05 Å². The molecule has 1 rings (SSSR count). The Kier molecular flexibility index (Phi) is 4.35. The van der Waals surface area contributed by atoms with E-state index >= 15 is 0 Å². The Hall–Kier alpha value is -0.610. The van der Waals surface area contributed by atoms with Crippen LogP contribution in [0.4, 0.5) is 5.13 Å². The second kappa shape index (κ2) is 5.32. The number of hydrogen-bond donors (Lipinski definition) is 1. The fourth-order valence-electron chi connectivity index (χ4n) is 1.05. The molecule has 80 valence electrons. The second-order valence-corrected chi connectivity index (χ2v) is 4.52. The first-order valence-corrected chi connectivity index (χ1v) is 5.85. The third-order valence-electron chi connectivity index (χ3n) is 2.25. The van der Waals surface area contributed by atoms with Crippen molar-refractivity contribution < 1.29 is 0 Å². The SMILES string of the molecule is CNCCc1csc(N(C)C(C)C)n1. The van der Waals surface area contributed by atoms with Crippen LogP contribution in [0.15, 0.2) is 5.38 Å². The van der Waals surface area contributed by atoms with Gasteiger partial charge >= 0.3 is 0 Å². The van der Waals surface area contributed by atoms with E-state index in [1.54, 1.807) is 11.3 Å². The van der Waals surface area contributed by atoms with Gasteiger partial charge in [-0.2, -0.15) is 0 Å². The maximum atomic E-state index is 4.57. The predicted molar refractivity (Wildman–Crippen MR) is 63.3 cm³/mol. The summed E-state index contributed by atoms with van der Waals surface area (Å²) in [4.78, 5) is 6.78. The summed E-state index contributed by atoms with van der Waals surface area (Å²) < 4.78 is 0. The summed E-state index contributed by atoms with van der Waals surface area (Å²) in [7, 11) is 4.05. The van der Waals surface area contributed by atoms with E-state index in [9.17, 15) is 0 Å². The number of likely N-dealkylation sites (N-methyl/N-ethyl adjacent to an activating group) is 1. The van der Waals surface area contributed by atoms with Crippen LogP contribution in [-0.2, 0) is 6.42 Å². The highest BCUT2D eigenvalue weighted by Gasteiger charge is 2.09. The van der Waals surface area contributed by atoms with E-state index in [0.717, 1.165) is 18.1 Å².